The van der Waals surface area contributed by atoms with E-state index >= 15 is 0 Å². The van der Waals surface area contributed by atoms with E-state index in [0.29, 0.717) is 0 Å². The molecule has 13 heavy (non-hydrogen) atoms. The second-order valence-electron chi connectivity index (χ2n) is 2.42. The Morgan fingerprint density at radius 2 is 1.15 bits per heavy atom. The van der Waals surface area contributed by atoms with Crippen molar-refractivity contribution in [2.75, 3.05) is 0 Å². The Morgan fingerprint density at radius 1 is 0.846 bits per heavy atom. The van der Waals surface area contributed by atoms with Crippen molar-refractivity contribution in [3.8, 4) is 0 Å². The van der Waals surface area contributed by atoms with Gasteiger partial charge in [0, 0.05) is 21.7 Å². The molecule has 0 aliphatic rings. The van der Waals surface area contributed by atoms with Gasteiger partial charge in [0.05, 0.1) is 0 Å². The van der Waals surface area contributed by atoms with Gasteiger partial charge in [-0.3, -0.25) is 0 Å². The van der Waals surface area contributed by atoms with Gasteiger partial charge < -0.3 is 30.3 Å². The topological polar surface area (TPSA) is 0 Å². The molecule has 2 rings (SSSR count). The van der Waals surface area contributed by atoms with Gasteiger partial charge in [0.1, 0.15) is 0 Å². The van der Waals surface area contributed by atoms with Crippen LogP contribution in [0.5, 0.6) is 0 Å². The van der Waals surface area contributed by atoms with Crippen molar-refractivity contribution in [1.29, 1.82) is 0 Å². The molecule has 0 aliphatic carbocycles. The summed E-state index contributed by atoms with van der Waals surface area (Å²) < 4.78 is 0. The predicted octanol–water partition coefficient (Wildman–Crippen LogP) is 3.54. The van der Waals surface area contributed by atoms with Crippen molar-refractivity contribution in [2.24, 2.45) is 0 Å². The van der Waals surface area contributed by atoms with Crippen LogP contribution in [0, 0.1) is 6.92 Å². The number of aryl methyl sites for hydroxylation is 1. The third-order valence-corrected chi connectivity index (χ3v) is 1.38. The fourth-order valence-corrected chi connectivity index (χ4v) is 0.791. The molecule has 0 aliphatic heterocycles. The van der Waals surface area contributed by atoms with E-state index in [9.17, 15) is 0 Å². The Balaban J connectivity index is 0. The minimum atomic E-state index is 0. The van der Waals surface area contributed by atoms with Crippen molar-refractivity contribution in [2.45, 2.75) is 6.92 Å². The Hall–Kier alpha value is -0.296. The molecule has 74 valence electrons. The van der Waals surface area contributed by atoms with Gasteiger partial charge in [0.15, 0.2) is 0 Å². The van der Waals surface area contributed by atoms with Crippen LogP contribution in [0.15, 0.2) is 54.6 Å². The molecule has 0 spiro atoms. The molecule has 2 heteroatoms. The molecule has 0 unspecified atom stereocenters. The van der Waals surface area contributed by atoms with Crippen LogP contribution in [0.4, 0.5) is 0 Å². The summed E-state index contributed by atoms with van der Waals surface area (Å²) in [6.45, 7) is 2.08. The van der Waals surface area contributed by atoms with Crippen LogP contribution in [-0.2, 0) is 21.7 Å². The zero-order valence-electron chi connectivity index (χ0n) is 7.60. The van der Waals surface area contributed by atoms with Gasteiger partial charge >= 0.3 is 0 Å². The maximum absolute atomic E-state index is 2.08. The third-order valence-electron chi connectivity index (χ3n) is 1.38. The van der Waals surface area contributed by atoms with Gasteiger partial charge in [-0.2, -0.15) is 17.7 Å². The molecule has 0 aromatic heterocycles. The summed E-state index contributed by atoms with van der Waals surface area (Å²) in [5, 5.41) is 0. The van der Waals surface area contributed by atoms with Crippen LogP contribution in [0.3, 0.4) is 0 Å². The maximum atomic E-state index is 2.08. The Morgan fingerprint density at radius 3 is 1.31 bits per heavy atom. The smallest absolute Gasteiger partial charge is 0 e. The first-order valence-electron chi connectivity index (χ1n) is 3.74. The van der Waals surface area contributed by atoms with E-state index in [4.69, 9.17) is 0 Å². The fraction of sp³-hybridized carbons (Fsp3) is 0.0909. The number of rotatable bonds is 0. The maximum Gasteiger partial charge on any atom is 0 e. The first-order chi connectivity index (χ1) is 5.39. The molecular formula is C11H13ClTi-6. The van der Waals surface area contributed by atoms with Crippen LogP contribution in [-0.4, -0.2) is 0 Å². The number of hydrogen-bond donors (Lipinski definition) is 0. The Kier molecular flexibility index (Phi) is 11.4. The quantitative estimate of drug-likeness (QED) is 0.478. The molecule has 2 aromatic rings. The van der Waals surface area contributed by atoms with Crippen molar-refractivity contribution in [1.82, 2.24) is 0 Å². The van der Waals surface area contributed by atoms with E-state index < -0.39 is 0 Å². The van der Waals surface area contributed by atoms with Gasteiger partial charge in [-0.25, -0.2) is 12.1 Å². The van der Waals surface area contributed by atoms with Gasteiger partial charge in [-0.05, 0) is 0 Å². The van der Waals surface area contributed by atoms with E-state index in [2.05, 4.69) is 19.1 Å². The van der Waals surface area contributed by atoms with E-state index in [0.717, 1.165) is 0 Å². The zero-order chi connectivity index (χ0) is 7.94. The summed E-state index contributed by atoms with van der Waals surface area (Å²) in [5.41, 5.74) is 1.34. The monoisotopic (exact) mass is 228 g/mol. The first kappa shape index (κ1) is 15.2. The minimum Gasteiger partial charge on any atom is -0.748 e. The van der Waals surface area contributed by atoms with Gasteiger partial charge in [0.2, 0.25) is 0 Å². The molecule has 0 saturated heterocycles. The second kappa shape index (κ2) is 9.79. The zero-order valence-corrected chi connectivity index (χ0v) is 9.98. The molecule has 0 N–H and O–H groups in total. The van der Waals surface area contributed by atoms with Crippen LogP contribution in [0.25, 0.3) is 0 Å². The summed E-state index contributed by atoms with van der Waals surface area (Å²) >= 11 is 0. The van der Waals surface area contributed by atoms with Crippen molar-refractivity contribution < 1.29 is 21.7 Å². The molecular weight excluding hydrogens is 215 g/mol. The summed E-state index contributed by atoms with van der Waals surface area (Å²) in [5.74, 6) is 0. The third kappa shape index (κ3) is 8.05. The Bertz CT molecular complexity index is 228. The molecule has 0 radical (unpaired) electrons. The molecule has 0 heterocycles. The number of halogens is 1. The molecule has 0 bridgehead atoms. The van der Waals surface area contributed by atoms with Crippen molar-refractivity contribution >= 4 is 12.4 Å². The summed E-state index contributed by atoms with van der Waals surface area (Å²) in [6, 6.07) is 18.2. The van der Waals surface area contributed by atoms with Crippen LogP contribution in [0.1, 0.15) is 5.56 Å². The fourth-order valence-electron chi connectivity index (χ4n) is 0.791. The van der Waals surface area contributed by atoms with Crippen LogP contribution >= 0.6 is 12.4 Å². The van der Waals surface area contributed by atoms with E-state index in [1.54, 1.807) is 0 Å². The van der Waals surface area contributed by atoms with Gasteiger partial charge in [0.25, 0.3) is 0 Å². The molecule has 0 saturated carbocycles. The average Bonchev–Trinajstić information content (AvgIpc) is 2.57. The van der Waals surface area contributed by atoms with Crippen molar-refractivity contribution in [3.63, 3.8) is 0 Å². The molecule has 2 aromatic carbocycles. The second-order valence-corrected chi connectivity index (χ2v) is 2.42. The van der Waals surface area contributed by atoms with Gasteiger partial charge in [-0.15, -0.1) is 12.4 Å². The summed E-state index contributed by atoms with van der Waals surface area (Å²) in [4.78, 5) is 0. The van der Waals surface area contributed by atoms with Crippen molar-refractivity contribution in [3.05, 3.63) is 60.2 Å². The first-order valence-corrected chi connectivity index (χ1v) is 3.74. The standard InChI is InChI=1S/C6H7.C5H5.ClH.Ti/c1-6-4-2-3-5-6;1-2-4-5-3-1;;/h2-5H,1H3;1-5H;1H;/q-1;-5;;. The number of hydrogen-bond acceptors (Lipinski definition) is 0. The normalized spacial score (nSPS) is 7.15. The van der Waals surface area contributed by atoms with Crippen LogP contribution in [0.2, 0.25) is 0 Å². The minimum absolute atomic E-state index is 0. The summed E-state index contributed by atoms with van der Waals surface area (Å²) in [7, 11) is 0. The average molecular weight is 229 g/mol. The molecule has 0 amide bonds. The van der Waals surface area contributed by atoms with Gasteiger partial charge in [-0.1, -0.05) is 6.92 Å². The van der Waals surface area contributed by atoms with Crippen LogP contribution < -0.4 is 0 Å². The van der Waals surface area contributed by atoms with E-state index in [-0.39, 0.29) is 34.1 Å². The molecule has 0 fully saturated rings. The Labute approximate surface area is 101 Å². The van der Waals surface area contributed by atoms with E-state index in [1.165, 1.54) is 5.56 Å². The predicted molar refractivity (Wildman–Crippen MR) is 56.1 cm³/mol. The summed E-state index contributed by atoms with van der Waals surface area (Å²) in [6.07, 6.45) is 0. The SMILES string of the molecule is C[c-]1cccc1.Cl.[Ti].[cH-]1[cH-][cH-][cH-][cH-]1. The molecule has 0 nitrogen and oxygen atoms in total. The largest absolute Gasteiger partial charge is 0.748 e. The molecule has 0 atom stereocenters. The van der Waals surface area contributed by atoms with E-state index in [1.807, 2.05) is 42.5 Å².